The molecule has 0 bridgehead atoms. The van der Waals surface area contributed by atoms with E-state index in [1.807, 2.05) is 44.4 Å². The van der Waals surface area contributed by atoms with E-state index in [2.05, 4.69) is 54.5 Å². The van der Waals surface area contributed by atoms with Crippen molar-refractivity contribution in [2.75, 3.05) is 5.32 Å². The predicted molar refractivity (Wildman–Crippen MR) is 158 cm³/mol. The molecule has 1 amide bonds. The van der Waals surface area contributed by atoms with Crippen LogP contribution in [0.2, 0.25) is 0 Å². The first kappa shape index (κ1) is 28.5. The SMILES string of the molecule is CCC(CC(=O)O)c1cccc(NC(=O)[C@@H](c2ccc(-c3cncc(CC(C)C)c3)cc2)C2CCCC2)c1C. The van der Waals surface area contributed by atoms with Crippen LogP contribution in [0.3, 0.4) is 0 Å². The van der Waals surface area contributed by atoms with E-state index in [1.54, 1.807) is 0 Å². The number of anilines is 1. The first-order valence-electron chi connectivity index (χ1n) is 14.4. The zero-order valence-electron chi connectivity index (χ0n) is 23.7. The highest BCUT2D eigenvalue weighted by atomic mass is 16.4. The largest absolute Gasteiger partial charge is 0.481 e. The van der Waals surface area contributed by atoms with Crippen molar-refractivity contribution in [3.05, 3.63) is 83.2 Å². The van der Waals surface area contributed by atoms with Crippen LogP contribution in [-0.2, 0) is 16.0 Å². The van der Waals surface area contributed by atoms with Gasteiger partial charge in [0, 0.05) is 23.6 Å². The minimum absolute atomic E-state index is 0.0155. The molecule has 206 valence electrons. The van der Waals surface area contributed by atoms with E-state index in [9.17, 15) is 14.7 Å². The van der Waals surface area contributed by atoms with E-state index in [-0.39, 0.29) is 24.2 Å². The van der Waals surface area contributed by atoms with Crippen molar-refractivity contribution in [1.82, 2.24) is 4.98 Å². The Morgan fingerprint density at radius 3 is 2.38 bits per heavy atom. The molecule has 3 aromatic rings. The summed E-state index contributed by atoms with van der Waals surface area (Å²) >= 11 is 0. The van der Waals surface area contributed by atoms with E-state index in [4.69, 9.17) is 0 Å². The summed E-state index contributed by atoms with van der Waals surface area (Å²) in [5.41, 5.74) is 7.20. The van der Waals surface area contributed by atoms with Crippen LogP contribution in [0.25, 0.3) is 11.1 Å². The first-order chi connectivity index (χ1) is 18.8. The van der Waals surface area contributed by atoms with Gasteiger partial charge in [0.1, 0.15) is 0 Å². The van der Waals surface area contributed by atoms with Crippen LogP contribution in [0.5, 0.6) is 0 Å². The van der Waals surface area contributed by atoms with Crippen LogP contribution < -0.4 is 5.32 Å². The topological polar surface area (TPSA) is 79.3 Å². The molecule has 0 spiro atoms. The fourth-order valence-electron chi connectivity index (χ4n) is 6.17. The van der Waals surface area contributed by atoms with Crippen LogP contribution in [0.15, 0.2) is 60.9 Å². The molecule has 1 fully saturated rings. The number of carbonyl (C=O) groups excluding carboxylic acids is 1. The molecule has 2 atom stereocenters. The molecule has 2 aromatic carbocycles. The van der Waals surface area contributed by atoms with Gasteiger partial charge in [-0.15, -0.1) is 0 Å². The molecule has 0 radical (unpaired) electrons. The summed E-state index contributed by atoms with van der Waals surface area (Å²) in [4.78, 5) is 29.7. The first-order valence-corrected chi connectivity index (χ1v) is 14.4. The lowest BCUT2D eigenvalue weighted by atomic mass is 9.83. The van der Waals surface area contributed by atoms with Gasteiger partial charge in [-0.25, -0.2) is 0 Å². The lowest BCUT2D eigenvalue weighted by Gasteiger charge is -2.25. The number of rotatable bonds is 11. The average molecular weight is 527 g/mol. The highest BCUT2D eigenvalue weighted by molar-refractivity contribution is 5.97. The molecular weight excluding hydrogens is 484 g/mol. The van der Waals surface area contributed by atoms with Gasteiger partial charge in [0.25, 0.3) is 0 Å². The summed E-state index contributed by atoms with van der Waals surface area (Å²) in [6.45, 7) is 8.42. The molecule has 1 heterocycles. The molecular formula is C34H42N2O3. The lowest BCUT2D eigenvalue weighted by molar-refractivity contribution is -0.137. The van der Waals surface area contributed by atoms with E-state index >= 15 is 0 Å². The van der Waals surface area contributed by atoms with Gasteiger partial charge in [0.05, 0.1) is 12.3 Å². The molecule has 1 saturated carbocycles. The number of benzene rings is 2. The second-order valence-corrected chi connectivity index (χ2v) is 11.5. The van der Waals surface area contributed by atoms with Crippen LogP contribution in [-0.4, -0.2) is 22.0 Å². The summed E-state index contributed by atoms with van der Waals surface area (Å²) in [7, 11) is 0. The Morgan fingerprint density at radius 1 is 1.03 bits per heavy atom. The Hall–Kier alpha value is -3.47. The van der Waals surface area contributed by atoms with Gasteiger partial charge in [-0.05, 0) is 90.3 Å². The zero-order valence-corrected chi connectivity index (χ0v) is 23.7. The average Bonchev–Trinajstić information content (AvgIpc) is 3.43. The number of pyridine rings is 1. The number of carboxylic acid groups (broad SMARTS) is 1. The van der Waals surface area contributed by atoms with Crippen LogP contribution >= 0.6 is 0 Å². The predicted octanol–water partition coefficient (Wildman–Crippen LogP) is 8.14. The van der Waals surface area contributed by atoms with Gasteiger partial charge in [0.2, 0.25) is 5.91 Å². The quantitative estimate of drug-likeness (QED) is 0.264. The maximum absolute atomic E-state index is 13.9. The minimum atomic E-state index is -0.803. The van der Waals surface area contributed by atoms with E-state index in [1.165, 1.54) is 5.56 Å². The van der Waals surface area contributed by atoms with Gasteiger partial charge in [-0.2, -0.15) is 0 Å². The normalized spacial score (nSPS) is 15.3. The fraction of sp³-hybridized carbons (Fsp3) is 0.441. The van der Waals surface area contributed by atoms with Crippen molar-refractivity contribution >= 4 is 17.6 Å². The third-order valence-electron chi connectivity index (χ3n) is 8.18. The van der Waals surface area contributed by atoms with Crippen molar-refractivity contribution in [3.8, 4) is 11.1 Å². The molecule has 5 heteroatoms. The van der Waals surface area contributed by atoms with Gasteiger partial charge >= 0.3 is 5.97 Å². The Bertz CT molecular complexity index is 1280. The van der Waals surface area contributed by atoms with Crippen LogP contribution in [0.1, 0.15) is 93.4 Å². The summed E-state index contributed by atoms with van der Waals surface area (Å²) < 4.78 is 0. The second-order valence-electron chi connectivity index (χ2n) is 11.5. The van der Waals surface area contributed by atoms with Crippen molar-refractivity contribution in [2.24, 2.45) is 11.8 Å². The molecule has 2 N–H and O–H groups in total. The Balaban J connectivity index is 1.59. The number of carbonyl (C=O) groups is 2. The molecule has 0 aliphatic heterocycles. The highest BCUT2D eigenvalue weighted by Gasteiger charge is 2.32. The van der Waals surface area contributed by atoms with Gasteiger partial charge in [0.15, 0.2) is 0 Å². The van der Waals surface area contributed by atoms with Crippen molar-refractivity contribution in [1.29, 1.82) is 0 Å². The molecule has 1 aliphatic rings. The molecule has 1 aliphatic carbocycles. The highest BCUT2D eigenvalue weighted by Crippen LogP contribution is 2.39. The third-order valence-corrected chi connectivity index (χ3v) is 8.18. The number of carboxylic acids is 1. The maximum atomic E-state index is 13.9. The van der Waals surface area contributed by atoms with Crippen molar-refractivity contribution < 1.29 is 14.7 Å². The number of aromatic nitrogens is 1. The molecule has 39 heavy (non-hydrogen) atoms. The summed E-state index contributed by atoms with van der Waals surface area (Å²) in [6, 6.07) is 16.5. The molecule has 0 saturated heterocycles. The van der Waals surface area contributed by atoms with E-state index in [0.29, 0.717) is 11.8 Å². The minimum Gasteiger partial charge on any atom is -0.481 e. The van der Waals surface area contributed by atoms with E-state index in [0.717, 1.165) is 72.0 Å². The number of nitrogens with zero attached hydrogens (tertiary/aromatic N) is 1. The second kappa shape index (κ2) is 13.1. The van der Waals surface area contributed by atoms with Crippen molar-refractivity contribution in [2.45, 2.75) is 84.5 Å². The molecule has 1 aromatic heterocycles. The van der Waals surface area contributed by atoms with Crippen molar-refractivity contribution in [3.63, 3.8) is 0 Å². The monoisotopic (exact) mass is 526 g/mol. The fourth-order valence-corrected chi connectivity index (χ4v) is 6.17. The number of hydrogen-bond acceptors (Lipinski definition) is 3. The summed E-state index contributed by atoms with van der Waals surface area (Å²) in [6.07, 6.45) is 10.1. The Labute approximate surface area is 233 Å². The number of nitrogens with one attached hydrogen (secondary N) is 1. The molecule has 1 unspecified atom stereocenters. The Morgan fingerprint density at radius 2 is 1.74 bits per heavy atom. The maximum Gasteiger partial charge on any atom is 0.303 e. The summed E-state index contributed by atoms with van der Waals surface area (Å²) in [5, 5.41) is 12.6. The number of hydrogen-bond donors (Lipinski definition) is 2. The van der Waals surface area contributed by atoms with E-state index < -0.39 is 5.97 Å². The number of amides is 1. The van der Waals surface area contributed by atoms with Gasteiger partial charge in [-0.3, -0.25) is 14.6 Å². The third kappa shape index (κ3) is 7.14. The molecule has 4 rings (SSSR count). The molecule has 5 nitrogen and oxygen atoms in total. The lowest BCUT2D eigenvalue weighted by Crippen LogP contribution is -2.27. The smallest absolute Gasteiger partial charge is 0.303 e. The number of aliphatic carboxylic acids is 1. The van der Waals surface area contributed by atoms with Crippen LogP contribution in [0.4, 0.5) is 5.69 Å². The van der Waals surface area contributed by atoms with Crippen LogP contribution in [0, 0.1) is 18.8 Å². The standard InChI is InChI=1S/C34H42N2O3/c1-5-25(19-32(37)38)30-11-8-12-31(23(30)4)36-34(39)33(27-9-6-7-10-27)28-15-13-26(14-16-28)29-18-24(17-22(2)3)20-35-21-29/h8,11-16,18,20-22,25,27,33H,5-7,9-10,17,19H2,1-4H3,(H,36,39)(H,37,38)/t25?,33-/m1/s1. The van der Waals surface area contributed by atoms with Gasteiger partial charge < -0.3 is 10.4 Å². The Kier molecular flexibility index (Phi) is 9.55. The van der Waals surface area contributed by atoms with Gasteiger partial charge in [-0.1, -0.05) is 70.0 Å². The summed E-state index contributed by atoms with van der Waals surface area (Å²) in [5.74, 6) is -0.207. The zero-order chi connectivity index (χ0) is 27.9.